The Labute approximate surface area is 104 Å². The van der Waals surface area contributed by atoms with E-state index in [-0.39, 0.29) is 24.5 Å². The summed E-state index contributed by atoms with van der Waals surface area (Å²) in [4.78, 5) is 10.3. The Morgan fingerprint density at radius 3 is 2.89 bits per heavy atom. The number of aliphatic hydroxyl groups excluding tert-OH is 1. The minimum absolute atomic E-state index is 0.0585. The number of nitrogens with zero attached hydrogens (tertiary/aromatic N) is 2. The average molecular weight is 251 g/mol. The van der Waals surface area contributed by atoms with Crippen LogP contribution in [-0.2, 0) is 4.74 Å². The number of ether oxygens (including phenoxy) is 1. The minimum Gasteiger partial charge on any atom is -0.394 e. The predicted octanol–water partition coefficient (Wildman–Crippen LogP) is 0.887. The zero-order chi connectivity index (χ0) is 13.4. The van der Waals surface area contributed by atoms with Crippen LogP contribution in [0.15, 0.2) is 18.2 Å². The van der Waals surface area contributed by atoms with E-state index in [9.17, 15) is 10.1 Å². The molecular formula is C11H13N3O4. The topological polar surface area (TPSA) is 108 Å². The van der Waals surface area contributed by atoms with Gasteiger partial charge in [-0.2, -0.15) is 5.26 Å². The molecule has 0 aromatic heterocycles. The van der Waals surface area contributed by atoms with Gasteiger partial charge in [0.05, 0.1) is 36.4 Å². The van der Waals surface area contributed by atoms with Gasteiger partial charge in [-0.1, -0.05) is 0 Å². The van der Waals surface area contributed by atoms with Crippen molar-refractivity contribution in [3.8, 4) is 6.07 Å². The molecule has 0 saturated carbocycles. The van der Waals surface area contributed by atoms with Crippen molar-refractivity contribution in [3.05, 3.63) is 33.9 Å². The maximum atomic E-state index is 10.8. The van der Waals surface area contributed by atoms with E-state index in [1.165, 1.54) is 18.2 Å². The van der Waals surface area contributed by atoms with Gasteiger partial charge >= 0.3 is 0 Å². The summed E-state index contributed by atoms with van der Waals surface area (Å²) in [6, 6.07) is 6.06. The third-order valence-electron chi connectivity index (χ3n) is 2.12. The first-order chi connectivity index (χ1) is 8.69. The van der Waals surface area contributed by atoms with Gasteiger partial charge < -0.3 is 15.2 Å². The lowest BCUT2D eigenvalue weighted by Crippen LogP contribution is -2.12. The molecule has 0 saturated heterocycles. The van der Waals surface area contributed by atoms with Gasteiger partial charge in [0, 0.05) is 12.6 Å². The lowest BCUT2D eigenvalue weighted by atomic mass is 10.2. The molecule has 0 radical (unpaired) electrons. The molecule has 0 amide bonds. The van der Waals surface area contributed by atoms with Gasteiger partial charge in [0.2, 0.25) is 0 Å². The van der Waals surface area contributed by atoms with Gasteiger partial charge in [-0.25, -0.2) is 0 Å². The molecular weight excluding hydrogens is 238 g/mol. The number of nitrogens with one attached hydrogen (secondary N) is 1. The summed E-state index contributed by atoms with van der Waals surface area (Å²) in [5.41, 5.74) is 0.437. The van der Waals surface area contributed by atoms with Crippen LogP contribution >= 0.6 is 0 Å². The fourth-order valence-corrected chi connectivity index (χ4v) is 1.33. The van der Waals surface area contributed by atoms with Crippen molar-refractivity contribution in [1.82, 2.24) is 0 Å². The molecule has 96 valence electrons. The van der Waals surface area contributed by atoms with Crippen molar-refractivity contribution in [3.63, 3.8) is 0 Å². The highest BCUT2D eigenvalue weighted by Gasteiger charge is 2.13. The quantitative estimate of drug-likeness (QED) is 0.423. The molecule has 1 rings (SSSR count). The number of aliphatic hydroxyl groups is 1. The van der Waals surface area contributed by atoms with Crippen molar-refractivity contribution < 1.29 is 14.8 Å². The first kappa shape index (κ1) is 13.9. The second-order valence-corrected chi connectivity index (χ2v) is 3.36. The summed E-state index contributed by atoms with van der Waals surface area (Å²) in [5, 5.41) is 30.8. The summed E-state index contributed by atoms with van der Waals surface area (Å²) in [5.74, 6) is 0. The maximum Gasteiger partial charge on any atom is 0.293 e. The van der Waals surface area contributed by atoms with Gasteiger partial charge in [-0.15, -0.1) is 0 Å². The standard InChI is InChI=1S/C11H13N3O4/c12-8-9-1-2-10(11(7-9)14(16)17)13-3-5-18-6-4-15/h1-2,7,13,15H,3-6H2. The van der Waals surface area contributed by atoms with Crippen LogP contribution in [0.4, 0.5) is 11.4 Å². The van der Waals surface area contributed by atoms with Crippen molar-refractivity contribution in [1.29, 1.82) is 5.26 Å². The first-order valence-corrected chi connectivity index (χ1v) is 5.30. The second-order valence-electron chi connectivity index (χ2n) is 3.36. The third kappa shape index (κ3) is 4.01. The van der Waals surface area contributed by atoms with Crippen LogP contribution in [0, 0.1) is 21.4 Å². The molecule has 0 aliphatic carbocycles. The van der Waals surface area contributed by atoms with E-state index < -0.39 is 4.92 Å². The van der Waals surface area contributed by atoms with E-state index in [1.54, 1.807) is 0 Å². The SMILES string of the molecule is N#Cc1ccc(NCCOCCO)c([N+](=O)[O-])c1. The number of anilines is 1. The molecule has 7 heteroatoms. The van der Waals surface area contributed by atoms with Crippen molar-refractivity contribution in [2.45, 2.75) is 0 Å². The molecule has 2 N–H and O–H groups in total. The molecule has 0 bridgehead atoms. The molecule has 18 heavy (non-hydrogen) atoms. The van der Waals surface area contributed by atoms with Crippen LogP contribution in [0.5, 0.6) is 0 Å². The molecule has 0 aliphatic heterocycles. The monoisotopic (exact) mass is 251 g/mol. The summed E-state index contributed by atoms with van der Waals surface area (Å²) in [7, 11) is 0. The van der Waals surface area contributed by atoms with Gasteiger partial charge in [0.15, 0.2) is 0 Å². The molecule has 0 fully saturated rings. The predicted molar refractivity (Wildman–Crippen MR) is 64.2 cm³/mol. The Balaban J connectivity index is 2.65. The summed E-state index contributed by atoms with van der Waals surface area (Å²) in [6.07, 6.45) is 0. The number of nitro groups is 1. The van der Waals surface area contributed by atoms with E-state index in [0.717, 1.165) is 0 Å². The molecule has 0 unspecified atom stereocenters. The highest BCUT2D eigenvalue weighted by molar-refractivity contribution is 5.63. The van der Waals surface area contributed by atoms with Gasteiger partial charge in [0.1, 0.15) is 5.69 Å². The number of hydrogen-bond acceptors (Lipinski definition) is 6. The number of nitriles is 1. The van der Waals surface area contributed by atoms with Gasteiger partial charge in [-0.3, -0.25) is 10.1 Å². The summed E-state index contributed by atoms with van der Waals surface area (Å²) >= 11 is 0. The average Bonchev–Trinajstić information content (AvgIpc) is 2.38. The van der Waals surface area contributed by atoms with Crippen LogP contribution in [0.2, 0.25) is 0 Å². The molecule has 0 spiro atoms. The van der Waals surface area contributed by atoms with E-state index >= 15 is 0 Å². The second kappa shape index (κ2) is 7.21. The van der Waals surface area contributed by atoms with Crippen LogP contribution in [-0.4, -0.2) is 36.4 Å². The fraction of sp³-hybridized carbons (Fsp3) is 0.364. The van der Waals surface area contributed by atoms with Crippen molar-refractivity contribution in [2.75, 3.05) is 31.7 Å². The van der Waals surface area contributed by atoms with E-state index in [1.807, 2.05) is 6.07 Å². The third-order valence-corrected chi connectivity index (χ3v) is 2.12. The Hall–Kier alpha value is -2.17. The van der Waals surface area contributed by atoms with Crippen molar-refractivity contribution >= 4 is 11.4 Å². The molecule has 0 aliphatic rings. The largest absolute Gasteiger partial charge is 0.394 e. The highest BCUT2D eigenvalue weighted by atomic mass is 16.6. The van der Waals surface area contributed by atoms with Crippen LogP contribution in [0.25, 0.3) is 0 Å². The van der Waals surface area contributed by atoms with E-state index in [4.69, 9.17) is 15.1 Å². The lowest BCUT2D eigenvalue weighted by molar-refractivity contribution is -0.384. The van der Waals surface area contributed by atoms with Gasteiger partial charge in [-0.05, 0) is 12.1 Å². The normalized spacial score (nSPS) is 9.78. The molecule has 1 aromatic carbocycles. The number of nitro benzene ring substituents is 1. The molecule has 0 heterocycles. The van der Waals surface area contributed by atoms with Crippen LogP contribution in [0.1, 0.15) is 5.56 Å². The fourth-order valence-electron chi connectivity index (χ4n) is 1.33. The molecule has 0 atom stereocenters. The van der Waals surface area contributed by atoms with Gasteiger partial charge in [0.25, 0.3) is 5.69 Å². The zero-order valence-corrected chi connectivity index (χ0v) is 9.63. The Bertz CT molecular complexity index is 456. The summed E-state index contributed by atoms with van der Waals surface area (Å²) in [6.45, 7) is 0.888. The summed E-state index contributed by atoms with van der Waals surface area (Å²) < 4.78 is 5.02. The lowest BCUT2D eigenvalue weighted by Gasteiger charge is -2.07. The van der Waals surface area contributed by atoms with E-state index in [2.05, 4.69) is 5.32 Å². The Morgan fingerprint density at radius 1 is 1.50 bits per heavy atom. The van der Waals surface area contributed by atoms with Crippen molar-refractivity contribution in [2.24, 2.45) is 0 Å². The Kier molecular flexibility index (Phi) is 5.57. The van der Waals surface area contributed by atoms with Crippen LogP contribution in [0.3, 0.4) is 0 Å². The zero-order valence-electron chi connectivity index (χ0n) is 9.63. The Morgan fingerprint density at radius 2 is 2.28 bits per heavy atom. The minimum atomic E-state index is -0.544. The number of benzene rings is 1. The molecule has 7 nitrogen and oxygen atoms in total. The smallest absolute Gasteiger partial charge is 0.293 e. The van der Waals surface area contributed by atoms with E-state index in [0.29, 0.717) is 18.8 Å². The van der Waals surface area contributed by atoms with Crippen LogP contribution < -0.4 is 5.32 Å². The highest BCUT2D eigenvalue weighted by Crippen LogP contribution is 2.24. The first-order valence-electron chi connectivity index (χ1n) is 5.30. The number of hydrogen-bond donors (Lipinski definition) is 2. The number of rotatable bonds is 7. The maximum absolute atomic E-state index is 10.8. The molecule has 1 aromatic rings.